The van der Waals surface area contributed by atoms with Gasteiger partial charge in [0.05, 0.1) is 5.69 Å². The first kappa shape index (κ1) is 14.4. The van der Waals surface area contributed by atoms with Gasteiger partial charge in [-0.1, -0.05) is 29.8 Å². The van der Waals surface area contributed by atoms with E-state index in [1.54, 1.807) is 6.07 Å². The molecule has 2 aromatic rings. The number of nitrogen functional groups attached to an aromatic ring is 1. The number of para-hydroxylation sites is 1. The number of nitrogens with two attached hydrogens (primary N) is 1. The highest BCUT2D eigenvalue weighted by Crippen LogP contribution is 2.32. The lowest BCUT2D eigenvalue weighted by Gasteiger charge is -2.27. The predicted molar refractivity (Wildman–Crippen MR) is 86.3 cm³/mol. The molecule has 0 atom stereocenters. The van der Waals surface area contributed by atoms with Crippen LogP contribution in [0.1, 0.15) is 18.1 Å². The van der Waals surface area contributed by atoms with E-state index in [0.29, 0.717) is 10.6 Å². The minimum Gasteiger partial charge on any atom is -0.384 e. The van der Waals surface area contributed by atoms with Crippen LogP contribution in [-0.4, -0.2) is 12.4 Å². The molecule has 0 radical (unpaired) electrons. The van der Waals surface area contributed by atoms with E-state index in [4.69, 9.17) is 22.7 Å². The topological polar surface area (TPSA) is 53.1 Å². The molecule has 2 rings (SSSR count). The van der Waals surface area contributed by atoms with E-state index in [1.807, 2.05) is 24.3 Å². The van der Waals surface area contributed by atoms with Gasteiger partial charge < -0.3 is 10.6 Å². The van der Waals surface area contributed by atoms with E-state index in [1.165, 1.54) is 5.56 Å². The van der Waals surface area contributed by atoms with Gasteiger partial charge in [0, 0.05) is 22.8 Å². The van der Waals surface area contributed by atoms with Crippen molar-refractivity contribution >= 4 is 28.8 Å². The summed E-state index contributed by atoms with van der Waals surface area (Å²) >= 11 is 6.02. The summed E-state index contributed by atoms with van der Waals surface area (Å²) in [4.78, 5) is 2.14. The first-order valence-corrected chi connectivity index (χ1v) is 6.89. The highest BCUT2D eigenvalue weighted by atomic mass is 35.5. The number of hydrogen-bond donors (Lipinski definition) is 2. The maximum absolute atomic E-state index is 7.75. The number of amidine groups is 1. The van der Waals surface area contributed by atoms with Crippen molar-refractivity contribution in [2.75, 3.05) is 11.4 Å². The Morgan fingerprint density at radius 1 is 1.20 bits per heavy atom. The Balaban J connectivity index is 2.58. The van der Waals surface area contributed by atoms with Crippen molar-refractivity contribution < 1.29 is 0 Å². The predicted octanol–water partition coefficient (Wildman–Crippen LogP) is 4.09. The highest BCUT2D eigenvalue weighted by molar-refractivity contribution is 6.31. The Morgan fingerprint density at radius 3 is 2.50 bits per heavy atom. The number of rotatable bonds is 4. The first-order chi connectivity index (χ1) is 9.54. The van der Waals surface area contributed by atoms with E-state index in [-0.39, 0.29) is 5.84 Å². The molecule has 0 aliphatic carbocycles. The first-order valence-electron chi connectivity index (χ1n) is 6.51. The van der Waals surface area contributed by atoms with Crippen LogP contribution >= 0.6 is 11.6 Å². The molecule has 0 fully saturated rings. The van der Waals surface area contributed by atoms with Crippen LogP contribution in [0.3, 0.4) is 0 Å². The average Bonchev–Trinajstić information content (AvgIpc) is 2.42. The van der Waals surface area contributed by atoms with Gasteiger partial charge in [0.25, 0.3) is 0 Å². The van der Waals surface area contributed by atoms with Crippen molar-refractivity contribution in [1.29, 1.82) is 5.41 Å². The molecule has 20 heavy (non-hydrogen) atoms. The minimum absolute atomic E-state index is 0.0227. The van der Waals surface area contributed by atoms with Crippen LogP contribution in [0.2, 0.25) is 5.02 Å². The molecular formula is C16H18ClN3. The highest BCUT2D eigenvalue weighted by Gasteiger charge is 2.15. The standard InChI is InChI=1S/C16H18ClN3/c1-3-20(14-7-5-4-6-11(14)2)15-9-8-12(17)10-13(15)16(18)19/h4-10H,3H2,1-2H3,(H3,18,19). The molecule has 0 unspecified atom stereocenters. The summed E-state index contributed by atoms with van der Waals surface area (Å²) in [5.41, 5.74) is 9.54. The third-order valence-electron chi connectivity index (χ3n) is 3.26. The van der Waals surface area contributed by atoms with Crippen LogP contribution in [0.5, 0.6) is 0 Å². The number of anilines is 2. The third kappa shape index (κ3) is 2.78. The van der Waals surface area contributed by atoms with Gasteiger partial charge >= 0.3 is 0 Å². The van der Waals surface area contributed by atoms with Crippen molar-refractivity contribution in [2.45, 2.75) is 13.8 Å². The molecule has 0 heterocycles. The molecule has 0 aliphatic heterocycles. The van der Waals surface area contributed by atoms with Gasteiger partial charge in [-0.05, 0) is 43.7 Å². The lowest BCUT2D eigenvalue weighted by atomic mass is 10.1. The van der Waals surface area contributed by atoms with Gasteiger partial charge in [0.1, 0.15) is 5.84 Å². The van der Waals surface area contributed by atoms with E-state index < -0.39 is 0 Å². The fraction of sp³-hybridized carbons (Fsp3) is 0.188. The Kier molecular flexibility index (Phi) is 4.30. The summed E-state index contributed by atoms with van der Waals surface area (Å²) in [6.07, 6.45) is 0. The number of halogens is 1. The van der Waals surface area contributed by atoms with Crippen LogP contribution in [-0.2, 0) is 0 Å². The molecule has 0 aromatic heterocycles. The second kappa shape index (κ2) is 5.97. The molecule has 104 valence electrons. The average molecular weight is 288 g/mol. The molecule has 0 amide bonds. The molecule has 3 N–H and O–H groups in total. The molecule has 2 aromatic carbocycles. The van der Waals surface area contributed by atoms with E-state index in [9.17, 15) is 0 Å². The number of nitrogens with zero attached hydrogens (tertiary/aromatic N) is 1. The SMILES string of the molecule is CCN(c1ccccc1C)c1ccc(Cl)cc1C(=N)N. The maximum Gasteiger partial charge on any atom is 0.124 e. The zero-order valence-corrected chi connectivity index (χ0v) is 12.4. The Morgan fingerprint density at radius 2 is 1.90 bits per heavy atom. The quantitative estimate of drug-likeness (QED) is 0.657. The lowest BCUT2D eigenvalue weighted by molar-refractivity contribution is 1.01. The second-order valence-electron chi connectivity index (χ2n) is 4.61. The van der Waals surface area contributed by atoms with E-state index in [0.717, 1.165) is 17.9 Å². The van der Waals surface area contributed by atoms with Crippen LogP contribution in [0.15, 0.2) is 42.5 Å². The minimum atomic E-state index is 0.0227. The van der Waals surface area contributed by atoms with Gasteiger partial charge in [-0.2, -0.15) is 0 Å². The van der Waals surface area contributed by atoms with Crippen LogP contribution in [0.25, 0.3) is 0 Å². The Hall–Kier alpha value is -2.00. The second-order valence-corrected chi connectivity index (χ2v) is 5.04. The van der Waals surface area contributed by atoms with E-state index >= 15 is 0 Å². The number of benzene rings is 2. The summed E-state index contributed by atoms with van der Waals surface area (Å²) in [6, 6.07) is 13.6. The van der Waals surface area contributed by atoms with Crippen molar-refractivity contribution in [1.82, 2.24) is 0 Å². The Labute approximate surface area is 124 Å². The fourth-order valence-electron chi connectivity index (χ4n) is 2.30. The van der Waals surface area contributed by atoms with Crippen LogP contribution in [0.4, 0.5) is 11.4 Å². The van der Waals surface area contributed by atoms with Gasteiger partial charge in [0.15, 0.2) is 0 Å². The Bertz CT molecular complexity index is 637. The zero-order chi connectivity index (χ0) is 14.7. The summed E-state index contributed by atoms with van der Waals surface area (Å²) in [5.74, 6) is 0.0227. The molecule has 0 saturated heterocycles. The van der Waals surface area contributed by atoms with Crippen LogP contribution < -0.4 is 10.6 Å². The molecule has 0 spiro atoms. The van der Waals surface area contributed by atoms with Crippen molar-refractivity contribution in [3.05, 3.63) is 58.6 Å². The van der Waals surface area contributed by atoms with E-state index in [2.05, 4.69) is 30.9 Å². The van der Waals surface area contributed by atoms with Crippen LogP contribution in [0, 0.1) is 12.3 Å². The van der Waals surface area contributed by atoms with Gasteiger partial charge in [-0.25, -0.2) is 0 Å². The van der Waals surface area contributed by atoms with Gasteiger partial charge in [0.2, 0.25) is 0 Å². The fourth-order valence-corrected chi connectivity index (χ4v) is 2.47. The molecule has 0 aliphatic rings. The summed E-state index contributed by atoms with van der Waals surface area (Å²) in [7, 11) is 0. The van der Waals surface area contributed by atoms with Gasteiger partial charge in [-0.15, -0.1) is 0 Å². The monoisotopic (exact) mass is 287 g/mol. The normalized spacial score (nSPS) is 10.3. The zero-order valence-electron chi connectivity index (χ0n) is 11.7. The number of nitrogens with one attached hydrogen (secondary N) is 1. The number of hydrogen-bond acceptors (Lipinski definition) is 2. The maximum atomic E-state index is 7.75. The molecule has 0 bridgehead atoms. The smallest absolute Gasteiger partial charge is 0.124 e. The summed E-state index contributed by atoms with van der Waals surface area (Å²) in [6.45, 7) is 4.93. The van der Waals surface area contributed by atoms with Gasteiger partial charge in [-0.3, -0.25) is 5.41 Å². The van der Waals surface area contributed by atoms with Crippen molar-refractivity contribution in [2.24, 2.45) is 5.73 Å². The third-order valence-corrected chi connectivity index (χ3v) is 3.50. The summed E-state index contributed by atoms with van der Waals surface area (Å²) in [5, 5.41) is 8.33. The molecule has 0 saturated carbocycles. The molecule has 3 nitrogen and oxygen atoms in total. The van der Waals surface area contributed by atoms with Crippen molar-refractivity contribution in [3.63, 3.8) is 0 Å². The number of aryl methyl sites for hydroxylation is 1. The molecular weight excluding hydrogens is 270 g/mol. The summed E-state index contributed by atoms with van der Waals surface area (Å²) < 4.78 is 0. The lowest BCUT2D eigenvalue weighted by Crippen LogP contribution is -2.22. The molecule has 4 heteroatoms. The largest absolute Gasteiger partial charge is 0.384 e. The van der Waals surface area contributed by atoms with Crippen molar-refractivity contribution in [3.8, 4) is 0 Å².